The van der Waals surface area contributed by atoms with Crippen LogP contribution in [0, 0.1) is 5.92 Å². The molecule has 0 aromatic carbocycles. The fourth-order valence-electron chi connectivity index (χ4n) is 1.02. The Morgan fingerprint density at radius 3 is 2.47 bits per heavy atom. The van der Waals surface area contributed by atoms with Crippen LogP contribution in [0.5, 0.6) is 0 Å². The van der Waals surface area contributed by atoms with Crippen molar-refractivity contribution in [1.29, 1.82) is 0 Å². The lowest BCUT2D eigenvalue weighted by Crippen LogP contribution is -2.44. The van der Waals surface area contributed by atoms with E-state index in [-0.39, 0.29) is 0 Å². The zero-order valence-electron chi connectivity index (χ0n) is 10.7. The van der Waals surface area contributed by atoms with Crippen LogP contribution < -0.4 is 10.6 Å². The van der Waals surface area contributed by atoms with Crippen LogP contribution in [0.1, 0.15) is 34.1 Å². The minimum atomic E-state index is 0.443. The Morgan fingerprint density at radius 1 is 1.33 bits per heavy atom. The largest absolute Gasteiger partial charge is 0.356 e. The summed E-state index contributed by atoms with van der Waals surface area (Å²) in [6.45, 7) is 9.53. The van der Waals surface area contributed by atoms with Crippen molar-refractivity contribution in [3.8, 4) is 0 Å². The lowest BCUT2D eigenvalue weighted by Gasteiger charge is -2.20. The van der Waals surface area contributed by atoms with Crippen LogP contribution in [0.25, 0.3) is 0 Å². The van der Waals surface area contributed by atoms with E-state index in [1.165, 1.54) is 0 Å². The highest BCUT2D eigenvalue weighted by molar-refractivity contribution is 5.79. The molecule has 0 heterocycles. The number of aliphatic imine (C=N–C) groups is 1. The van der Waals surface area contributed by atoms with Gasteiger partial charge in [-0.15, -0.1) is 0 Å². The van der Waals surface area contributed by atoms with Crippen molar-refractivity contribution in [2.45, 2.75) is 40.2 Å². The first-order valence-electron chi connectivity index (χ1n) is 5.70. The summed E-state index contributed by atoms with van der Waals surface area (Å²) in [5, 5.41) is 6.64. The fourth-order valence-corrected chi connectivity index (χ4v) is 1.02. The molecule has 88 valence electrons. The van der Waals surface area contributed by atoms with Crippen LogP contribution in [0.2, 0.25) is 0 Å². The molecule has 0 aliphatic heterocycles. The van der Waals surface area contributed by atoms with Crippen molar-refractivity contribution in [2.24, 2.45) is 10.9 Å². The van der Waals surface area contributed by atoms with Crippen LogP contribution in [0.3, 0.4) is 0 Å². The Labute approximate surface area is 94.1 Å². The van der Waals surface area contributed by atoms with E-state index in [0.29, 0.717) is 12.0 Å². The monoisotopic (exact) mass is 211 g/mol. The van der Waals surface area contributed by atoms with E-state index in [2.05, 4.69) is 48.5 Å². The first kappa shape index (κ1) is 14.0. The highest BCUT2D eigenvalue weighted by atomic mass is 15.2. The van der Waals surface area contributed by atoms with E-state index in [9.17, 15) is 0 Å². The van der Waals surface area contributed by atoms with Crippen LogP contribution >= 0.6 is 0 Å². The molecular weight excluding hydrogens is 186 g/mol. The van der Waals surface area contributed by atoms with Gasteiger partial charge < -0.3 is 10.6 Å². The van der Waals surface area contributed by atoms with Crippen molar-refractivity contribution < 1.29 is 0 Å². The summed E-state index contributed by atoms with van der Waals surface area (Å²) in [7, 11) is 1.80. The topological polar surface area (TPSA) is 36.4 Å². The van der Waals surface area contributed by atoms with E-state index in [1.54, 1.807) is 7.05 Å². The predicted molar refractivity (Wildman–Crippen MR) is 68.2 cm³/mol. The molecule has 0 aliphatic rings. The molecule has 2 N–H and O–H groups in total. The smallest absolute Gasteiger partial charge is 0.191 e. The van der Waals surface area contributed by atoms with Gasteiger partial charge in [-0.2, -0.15) is 0 Å². The number of hydrogen-bond acceptors (Lipinski definition) is 1. The Bertz CT molecular complexity index is 207. The molecule has 0 aromatic rings. The maximum atomic E-state index is 4.18. The second-order valence-corrected chi connectivity index (χ2v) is 4.03. The molecule has 0 amide bonds. The van der Waals surface area contributed by atoms with Gasteiger partial charge in [0.25, 0.3) is 0 Å². The lowest BCUT2D eigenvalue weighted by molar-refractivity contribution is 0.481. The van der Waals surface area contributed by atoms with E-state index >= 15 is 0 Å². The normalized spacial score (nSPS) is 14.7. The molecule has 0 aliphatic carbocycles. The molecule has 0 bridgehead atoms. The summed E-state index contributed by atoms with van der Waals surface area (Å²) in [5.74, 6) is 1.50. The molecule has 0 saturated heterocycles. The van der Waals surface area contributed by atoms with Gasteiger partial charge in [0.15, 0.2) is 5.96 Å². The Hall–Kier alpha value is -0.990. The third-order valence-corrected chi connectivity index (χ3v) is 2.43. The number of nitrogens with zero attached hydrogens (tertiary/aromatic N) is 1. The van der Waals surface area contributed by atoms with Gasteiger partial charge in [0.05, 0.1) is 0 Å². The molecule has 0 spiro atoms. The Balaban J connectivity index is 3.84. The standard InChI is InChI=1S/C12H25N3/c1-6-7-8-9-14-12(13-5)15-11(4)10(2)3/h6-7,10-11H,8-9H2,1-5H3,(H2,13,14,15). The van der Waals surface area contributed by atoms with Crippen molar-refractivity contribution in [3.05, 3.63) is 12.2 Å². The summed E-state index contributed by atoms with van der Waals surface area (Å²) in [5.41, 5.74) is 0. The van der Waals surface area contributed by atoms with Crippen molar-refractivity contribution >= 4 is 5.96 Å². The zero-order valence-corrected chi connectivity index (χ0v) is 10.7. The average molecular weight is 211 g/mol. The summed E-state index contributed by atoms with van der Waals surface area (Å²) in [6, 6.07) is 0.443. The molecule has 3 heteroatoms. The summed E-state index contributed by atoms with van der Waals surface area (Å²) < 4.78 is 0. The van der Waals surface area contributed by atoms with Crippen LogP contribution in [-0.4, -0.2) is 25.6 Å². The predicted octanol–water partition coefficient (Wildman–Crippen LogP) is 2.16. The van der Waals surface area contributed by atoms with Crippen molar-refractivity contribution in [3.63, 3.8) is 0 Å². The molecular formula is C12H25N3. The summed E-state index contributed by atoms with van der Waals surface area (Å²) in [4.78, 5) is 4.18. The minimum Gasteiger partial charge on any atom is -0.356 e. The average Bonchev–Trinajstić information content (AvgIpc) is 2.22. The Morgan fingerprint density at radius 2 is 2.00 bits per heavy atom. The molecule has 15 heavy (non-hydrogen) atoms. The third kappa shape index (κ3) is 7.00. The second kappa shape index (κ2) is 8.33. The molecule has 3 nitrogen and oxygen atoms in total. The molecule has 0 aromatic heterocycles. The maximum Gasteiger partial charge on any atom is 0.191 e. The van der Waals surface area contributed by atoms with E-state index in [1.807, 2.05) is 6.92 Å². The second-order valence-electron chi connectivity index (χ2n) is 4.03. The van der Waals surface area contributed by atoms with Crippen LogP contribution in [-0.2, 0) is 0 Å². The van der Waals surface area contributed by atoms with E-state index in [0.717, 1.165) is 18.9 Å². The minimum absolute atomic E-state index is 0.443. The van der Waals surface area contributed by atoms with E-state index < -0.39 is 0 Å². The van der Waals surface area contributed by atoms with Gasteiger partial charge in [0.1, 0.15) is 0 Å². The number of guanidine groups is 1. The number of allylic oxidation sites excluding steroid dienone is 1. The van der Waals surface area contributed by atoms with Gasteiger partial charge in [-0.05, 0) is 26.2 Å². The fraction of sp³-hybridized carbons (Fsp3) is 0.750. The number of rotatable bonds is 5. The molecule has 1 unspecified atom stereocenters. The highest BCUT2D eigenvalue weighted by Gasteiger charge is 2.07. The summed E-state index contributed by atoms with van der Waals surface area (Å²) in [6.07, 6.45) is 5.24. The zero-order chi connectivity index (χ0) is 11.7. The van der Waals surface area contributed by atoms with Gasteiger partial charge in [-0.3, -0.25) is 4.99 Å². The van der Waals surface area contributed by atoms with Gasteiger partial charge in [-0.25, -0.2) is 0 Å². The molecule has 0 saturated carbocycles. The number of hydrogen-bond donors (Lipinski definition) is 2. The SMILES string of the molecule is CC=CCCNC(=NC)NC(C)C(C)C. The third-order valence-electron chi connectivity index (χ3n) is 2.43. The maximum absolute atomic E-state index is 4.18. The molecule has 1 atom stereocenters. The van der Waals surface area contributed by atoms with Gasteiger partial charge in [-0.1, -0.05) is 26.0 Å². The van der Waals surface area contributed by atoms with Gasteiger partial charge in [0.2, 0.25) is 0 Å². The number of nitrogens with one attached hydrogen (secondary N) is 2. The van der Waals surface area contributed by atoms with Crippen LogP contribution in [0.4, 0.5) is 0 Å². The molecule has 0 radical (unpaired) electrons. The van der Waals surface area contributed by atoms with Crippen LogP contribution in [0.15, 0.2) is 17.1 Å². The first-order valence-corrected chi connectivity index (χ1v) is 5.70. The molecule has 0 rings (SSSR count). The Kier molecular flexibility index (Phi) is 7.78. The lowest BCUT2D eigenvalue weighted by atomic mass is 10.1. The van der Waals surface area contributed by atoms with Gasteiger partial charge in [0, 0.05) is 19.6 Å². The highest BCUT2D eigenvalue weighted by Crippen LogP contribution is 1.98. The quantitative estimate of drug-likeness (QED) is 0.316. The van der Waals surface area contributed by atoms with Gasteiger partial charge >= 0.3 is 0 Å². The van der Waals surface area contributed by atoms with Crippen molar-refractivity contribution in [1.82, 2.24) is 10.6 Å². The van der Waals surface area contributed by atoms with Crippen molar-refractivity contribution in [2.75, 3.05) is 13.6 Å². The summed E-state index contributed by atoms with van der Waals surface area (Å²) >= 11 is 0. The first-order chi connectivity index (χ1) is 7.11. The molecule has 0 fully saturated rings. The van der Waals surface area contributed by atoms with E-state index in [4.69, 9.17) is 0 Å².